The van der Waals surface area contributed by atoms with Crippen LogP contribution in [0.1, 0.15) is 31.9 Å². The summed E-state index contributed by atoms with van der Waals surface area (Å²) in [6.07, 6.45) is 5.78. The molecule has 0 spiro atoms. The molecule has 94 valence electrons. The number of rotatable bonds is 5. The molecule has 2 atom stereocenters. The van der Waals surface area contributed by atoms with Gasteiger partial charge < -0.3 is 5.32 Å². The summed E-state index contributed by atoms with van der Waals surface area (Å²) in [5.74, 6) is 0. The molecule has 0 bridgehead atoms. The molecule has 17 heavy (non-hydrogen) atoms. The molecule has 1 aromatic heterocycles. The van der Waals surface area contributed by atoms with E-state index in [9.17, 15) is 0 Å². The lowest BCUT2D eigenvalue weighted by atomic mass is 10.2. The second kappa shape index (κ2) is 6.12. The van der Waals surface area contributed by atoms with Crippen molar-refractivity contribution in [2.45, 2.75) is 44.8 Å². The number of hydrogen-bond donors (Lipinski definition) is 1. The third kappa shape index (κ3) is 3.27. The van der Waals surface area contributed by atoms with Crippen LogP contribution in [0.5, 0.6) is 0 Å². The maximum absolute atomic E-state index is 4.42. The summed E-state index contributed by atoms with van der Waals surface area (Å²) in [5.41, 5.74) is 1.18. The van der Waals surface area contributed by atoms with Crippen LogP contribution in [0.2, 0.25) is 0 Å². The minimum Gasteiger partial charge on any atom is -0.317 e. The van der Waals surface area contributed by atoms with E-state index in [4.69, 9.17) is 0 Å². The van der Waals surface area contributed by atoms with E-state index in [2.05, 4.69) is 41.3 Å². The molecule has 1 saturated carbocycles. The van der Waals surface area contributed by atoms with Crippen molar-refractivity contribution in [1.82, 2.24) is 15.2 Å². The Bertz CT molecular complexity index is 325. The minimum absolute atomic E-state index is 0.706. The van der Waals surface area contributed by atoms with E-state index in [1.165, 1.54) is 25.0 Å². The Labute approximate surface area is 104 Å². The fourth-order valence-corrected chi connectivity index (χ4v) is 2.75. The first kappa shape index (κ1) is 12.5. The molecule has 3 heteroatoms. The highest BCUT2D eigenvalue weighted by Crippen LogP contribution is 2.24. The largest absolute Gasteiger partial charge is 0.317 e. The normalized spacial score (nSPS) is 24.4. The molecule has 1 aliphatic rings. The van der Waals surface area contributed by atoms with Crippen LogP contribution in [0.4, 0.5) is 0 Å². The van der Waals surface area contributed by atoms with Crippen molar-refractivity contribution >= 4 is 0 Å². The molecule has 3 nitrogen and oxygen atoms in total. The first-order chi connectivity index (χ1) is 8.33. The van der Waals surface area contributed by atoms with E-state index in [0.717, 1.165) is 19.1 Å². The molecule has 0 saturated heterocycles. The average Bonchev–Trinajstić information content (AvgIpc) is 2.86. The van der Waals surface area contributed by atoms with Crippen molar-refractivity contribution in [3.8, 4) is 0 Å². The second-order valence-electron chi connectivity index (χ2n) is 4.84. The Balaban J connectivity index is 1.93. The van der Waals surface area contributed by atoms with Gasteiger partial charge in [-0.15, -0.1) is 0 Å². The van der Waals surface area contributed by atoms with Crippen molar-refractivity contribution in [2.24, 2.45) is 0 Å². The highest BCUT2D eigenvalue weighted by atomic mass is 15.2. The molecule has 0 radical (unpaired) electrons. The van der Waals surface area contributed by atoms with Crippen LogP contribution >= 0.6 is 0 Å². The maximum atomic E-state index is 4.42. The zero-order chi connectivity index (χ0) is 12.1. The van der Waals surface area contributed by atoms with Crippen molar-refractivity contribution in [3.05, 3.63) is 30.1 Å². The summed E-state index contributed by atoms with van der Waals surface area (Å²) in [4.78, 5) is 6.98. The Kier molecular flexibility index (Phi) is 4.51. The standard InChI is InChI=1S/C14H23N3/c1-3-17(11-13-6-4-5-9-16-13)14-8-7-12(10-14)15-2/h4-6,9,12,14-15H,3,7-8,10-11H2,1-2H3. The average molecular weight is 233 g/mol. The molecule has 2 rings (SSSR count). The summed E-state index contributed by atoms with van der Waals surface area (Å²) in [5, 5.41) is 3.39. The van der Waals surface area contributed by atoms with Crippen LogP contribution in [-0.2, 0) is 6.54 Å². The fourth-order valence-electron chi connectivity index (χ4n) is 2.75. The van der Waals surface area contributed by atoms with Gasteiger partial charge in [0.15, 0.2) is 0 Å². The van der Waals surface area contributed by atoms with Crippen molar-refractivity contribution < 1.29 is 0 Å². The lowest BCUT2D eigenvalue weighted by molar-refractivity contribution is 0.195. The summed E-state index contributed by atoms with van der Waals surface area (Å²) in [7, 11) is 2.07. The van der Waals surface area contributed by atoms with Crippen LogP contribution in [0, 0.1) is 0 Å². The molecule has 2 unspecified atom stereocenters. The van der Waals surface area contributed by atoms with E-state index in [1.54, 1.807) is 0 Å². The first-order valence-electron chi connectivity index (χ1n) is 6.64. The van der Waals surface area contributed by atoms with E-state index in [0.29, 0.717) is 6.04 Å². The molecule has 1 aromatic rings. The smallest absolute Gasteiger partial charge is 0.0544 e. The van der Waals surface area contributed by atoms with Gasteiger partial charge in [-0.2, -0.15) is 0 Å². The molecular formula is C14H23N3. The minimum atomic E-state index is 0.706. The van der Waals surface area contributed by atoms with Gasteiger partial charge in [0.25, 0.3) is 0 Å². The maximum Gasteiger partial charge on any atom is 0.0544 e. The Morgan fingerprint density at radius 2 is 2.29 bits per heavy atom. The third-order valence-electron chi connectivity index (χ3n) is 3.83. The summed E-state index contributed by atoms with van der Waals surface area (Å²) >= 11 is 0. The molecule has 1 N–H and O–H groups in total. The van der Waals surface area contributed by atoms with Gasteiger partial charge in [-0.3, -0.25) is 9.88 Å². The lowest BCUT2D eigenvalue weighted by Crippen LogP contribution is -2.34. The van der Waals surface area contributed by atoms with Gasteiger partial charge in [0.1, 0.15) is 0 Å². The van der Waals surface area contributed by atoms with Gasteiger partial charge in [0.2, 0.25) is 0 Å². The fraction of sp³-hybridized carbons (Fsp3) is 0.643. The highest BCUT2D eigenvalue weighted by Gasteiger charge is 2.27. The predicted molar refractivity (Wildman–Crippen MR) is 70.8 cm³/mol. The van der Waals surface area contributed by atoms with Crippen LogP contribution in [0.25, 0.3) is 0 Å². The summed E-state index contributed by atoms with van der Waals surface area (Å²) in [6, 6.07) is 7.60. The monoisotopic (exact) mass is 233 g/mol. The molecule has 0 amide bonds. The summed E-state index contributed by atoms with van der Waals surface area (Å²) < 4.78 is 0. The number of nitrogens with one attached hydrogen (secondary N) is 1. The molecule has 1 heterocycles. The van der Waals surface area contributed by atoms with Gasteiger partial charge in [-0.1, -0.05) is 13.0 Å². The van der Waals surface area contributed by atoms with E-state index in [-0.39, 0.29) is 0 Å². The topological polar surface area (TPSA) is 28.2 Å². The predicted octanol–water partition coefficient (Wildman–Crippen LogP) is 2.04. The van der Waals surface area contributed by atoms with Crippen molar-refractivity contribution in [1.29, 1.82) is 0 Å². The van der Waals surface area contributed by atoms with E-state index >= 15 is 0 Å². The third-order valence-corrected chi connectivity index (χ3v) is 3.83. The van der Waals surface area contributed by atoms with Crippen molar-refractivity contribution in [3.63, 3.8) is 0 Å². The van der Waals surface area contributed by atoms with Crippen LogP contribution < -0.4 is 5.32 Å². The van der Waals surface area contributed by atoms with Crippen LogP contribution in [0.3, 0.4) is 0 Å². The number of nitrogens with zero attached hydrogens (tertiary/aromatic N) is 2. The van der Waals surface area contributed by atoms with Gasteiger partial charge >= 0.3 is 0 Å². The Morgan fingerprint density at radius 1 is 1.41 bits per heavy atom. The van der Waals surface area contributed by atoms with E-state index < -0.39 is 0 Å². The molecular weight excluding hydrogens is 210 g/mol. The summed E-state index contributed by atoms with van der Waals surface area (Å²) in [6.45, 7) is 4.34. The van der Waals surface area contributed by atoms with Gasteiger partial charge in [-0.05, 0) is 45.0 Å². The zero-order valence-electron chi connectivity index (χ0n) is 10.9. The number of pyridine rings is 1. The second-order valence-corrected chi connectivity index (χ2v) is 4.84. The SMILES string of the molecule is CCN(Cc1ccccn1)C1CCC(NC)C1. The molecule has 1 aliphatic carbocycles. The zero-order valence-corrected chi connectivity index (χ0v) is 10.9. The van der Waals surface area contributed by atoms with Crippen molar-refractivity contribution in [2.75, 3.05) is 13.6 Å². The highest BCUT2D eigenvalue weighted by molar-refractivity contribution is 5.04. The van der Waals surface area contributed by atoms with Gasteiger partial charge in [-0.25, -0.2) is 0 Å². The number of hydrogen-bond acceptors (Lipinski definition) is 3. The van der Waals surface area contributed by atoms with Crippen LogP contribution in [-0.4, -0.2) is 35.6 Å². The number of aromatic nitrogens is 1. The molecule has 1 fully saturated rings. The Morgan fingerprint density at radius 3 is 2.88 bits per heavy atom. The molecule has 0 aliphatic heterocycles. The van der Waals surface area contributed by atoms with Gasteiger partial charge in [0, 0.05) is 24.8 Å². The first-order valence-corrected chi connectivity index (χ1v) is 6.64. The van der Waals surface area contributed by atoms with Crippen LogP contribution in [0.15, 0.2) is 24.4 Å². The van der Waals surface area contributed by atoms with E-state index in [1.807, 2.05) is 12.3 Å². The lowest BCUT2D eigenvalue weighted by Gasteiger charge is -2.27. The quantitative estimate of drug-likeness (QED) is 0.843. The molecule has 0 aromatic carbocycles. The Hall–Kier alpha value is -0.930. The van der Waals surface area contributed by atoms with Gasteiger partial charge in [0.05, 0.1) is 5.69 Å².